The second-order valence-electron chi connectivity index (χ2n) is 11.0. The van der Waals surface area contributed by atoms with Crippen LogP contribution in [-0.4, -0.2) is 80.2 Å². The Morgan fingerprint density at radius 3 is 2.28 bits per heavy atom. The van der Waals surface area contributed by atoms with Gasteiger partial charge in [0.1, 0.15) is 11.7 Å². The Morgan fingerprint density at radius 2 is 1.62 bits per heavy atom. The lowest BCUT2D eigenvalue weighted by Crippen LogP contribution is -2.67. The maximum Gasteiger partial charge on any atom is 0.188 e. The van der Waals surface area contributed by atoms with Crippen LogP contribution >= 0.6 is 0 Å². The monoisotopic (exact) mass is 414 g/mol. The van der Waals surface area contributed by atoms with Gasteiger partial charge in [-0.25, -0.2) is 0 Å². The van der Waals surface area contributed by atoms with Gasteiger partial charge in [0.15, 0.2) is 30.8 Å². The number of ether oxygens (including phenoxy) is 4. The number of rotatable bonds is 0. The fourth-order valence-corrected chi connectivity index (χ4v) is 8.55. The van der Waals surface area contributed by atoms with E-state index in [0.29, 0.717) is 6.42 Å². The Morgan fingerprint density at radius 1 is 0.931 bits per heavy atom. The molecule has 4 heterocycles. The first-order valence-electron chi connectivity index (χ1n) is 10.5. The van der Waals surface area contributed by atoms with E-state index in [2.05, 4.69) is 20.8 Å². The van der Waals surface area contributed by atoms with Gasteiger partial charge in [-0.05, 0) is 24.2 Å². The maximum absolute atomic E-state index is 12.0. The van der Waals surface area contributed by atoms with Crippen molar-refractivity contribution in [1.29, 1.82) is 0 Å². The highest BCUT2D eigenvalue weighted by Crippen LogP contribution is 2.85. The highest BCUT2D eigenvalue weighted by atomic mass is 16.8. The number of aliphatic hydroxyl groups excluding tert-OH is 4. The molecule has 13 atom stereocenters. The summed E-state index contributed by atoms with van der Waals surface area (Å²) in [5.41, 5.74) is -5.81. The summed E-state index contributed by atoms with van der Waals surface area (Å²) < 4.78 is 23.9. The third-order valence-corrected chi connectivity index (χ3v) is 9.42. The first-order chi connectivity index (χ1) is 13.4. The molecule has 0 radical (unpaired) electrons. The van der Waals surface area contributed by atoms with Crippen molar-refractivity contribution in [3.63, 3.8) is 0 Å². The molecule has 29 heavy (non-hydrogen) atoms. The molecule has 0 bridgehead atoms. The van der Waals surface area contributed by atoms with Gasteiger partial charge in [0, 0.05) is 11.3 Å². The van der Waals surface area contributed by atoms with E-state index in [-0.39, 0.29) is 17.8 Å². The lowest BCUT2D eigenvalue weighted by molar-refractivity contribution is -0.310. The summed E-state index contributed by atoms with van der Waals surface area (Å²) in [5, 5.41) is 55.3. The highest BCUT2D eigenvalue weighted by Gasteiger charge is 2.99. The summed E-state index contributed by atoms with van der Waals surface area (Å²) in [6, 6.07) is 0. The molecule has 164 valence electrons. The molecule has 4 aliphatic heterocycles. The van der Waals surface area contributed by atoms with Gasteiger partial charge in [-0.3, -0.25) is 0 Å². The van der Waals surface area contributed by atoms with Crippen molar-refractivity contribution in [2.24, 2.45) is 28.1 Å². The Kier molecular flexibility index (Phi) is 3.33. The van der Waals surface area contributed by atoms with Crippen LogP contribution in [0.15, 0.2) is 0 Å². The van der Waals surface area contributed by atoms with Gasteiger partial charge in [0.05, 0.1) is 17.6 Å². The molecule has 6 fully saturated rings. The SMILES string of the molecule is C[C@@H]1C(O)OC2CC34C5C[C@@H](C(C)(C)C)C36C(O[C@H](O)[C@@H]6O)O[C@@]4(C(O)O5)[C@]21O. The third-order valence-electron chi connectivity index (χ3n) is 9.42. The number of fused-ring (bicyclic) bond motifs is 1. The van der Waals surface area contributed by atoms with Crippen LogP contribution in [0, 0.1) is 28.1 Å². The van der Waals surface area contributed by atoms with E-state index in [4.69, 9.17) is 18.9 Å². The molecular weight excluding hydrogens is 384 g/mol. The lowest BCUT2D eigenvalue weighted by atomic mass is 9.51. The molecule has 0 amide bonds. The molecule has 0 aromatic rings. The van der Waals surface area contributed by atoms with Crippen LogP contribution < -0.4 is 0 Å². The van der Waals surface area contributed by atoms with E-state index < -0.39 is 71.4 Å². The molecule has 6 rings (SSSR count). The average Bonchev–Trinajstić information content (AvgIpc) is 3.31. The van der Waals surface area contributed by atoms with Crippen molar-refractivity contribution in [3.05, 3.63) is 0 Å². The standard InChI is InChI=1S/C20H30O9/c1-7-12(22)26-10-6-17-9-5-8(16(2,3)4)18(17)11(21)13(23)28-15(18)29-20(17,14(24)27-9)19(7,10)25/h7-15,21-25H,5-6H2,1-4H3/t7-,8+,9?,10?,11+,12?,13+,14?,15?,17?,18?,19-,20-/m1/s1. The normalized spacial score (nSPS) is 67.6. The molecule has 5 N–H and O–H groups in total. The van der Waals surface area contributed by atoms with Crippen molar-refractivity contribution in [2.75, 3.05) is 0 Å². The first kappa shape index (κ1) is 19.3. The first-order valence-corrected chi connectivity index (χ1v) is 10.5. The maximum atomic E-state index is 12.0. The minimum atomic E-state index is -1.74. The number of hydrogen-bond donors (Lipinski definition) is 5. The molecule has 4 saturated heterocycles. The van der Waals surface area contributed by atoms with Gasteiger partial charge in [0.25, 0.3) is 0 Å². The Bertz CT molecular complexity index is 770. The van der Waals surface area contributed by atoms with E-state index in [0.717, 1.165) is 0 Å². The summed E-state index contributed by atoms with van der Waals surface area (Å²) in [6.45, 7) is 7.83. The average molecular weight is 414 g/mol. The topological polar surface area (TPSA) is 138 Å². The molecular formula is C20H30O9. The molecule has 2 aliphatic carbocycles. The van der Waals surface area contributed by atoms with Gasteiger partial charge < -0.3 is 44.5 Å². The Labute approximate surface area is 168 Å². The van der Waals surface area contributed by atoms with Crippen LogP contribution in [0.5, 0.6) is 0 Å². The zero-order valence-electron chi connectivity index (χ0n) is 17.0. The van der Waals surface area contributed by atoms with Gasteiger partial charge in [-0.15, -0.1) is 0 Å². The summed E-state index contributed by atoms with van der Waals surface area (Å²) >= 11 is 0. The van der Waals surface area contributed by atoms with Crippen molar-refractivity contribution < 1.29 is 44.5 Å². The molecule has 9 heteroatoms. The number of hydrogen-bond acceptors (Lipinski definition) is 9. The zero-order valence-corrected chi connectivity index (χ0v) is 17.0. The minimum Gasteiger partial charge on any atom is -0.387 e. The molecule has 2 saturated carbocycles. The van der Waals surface area contributed by atoms with Gasteiger partial charge >= 0.3 is 0 Å². The Hall–Kier alpha value is -0.360. The molecule has 7 unspecified atom stereocenters. The van der Waals surface area contributed by atoms with Gasteiger partial charge in [-0.2, -0.15) is 0 Å². The smallest absolute Gasteiger partial charge is 0.188 e. The minimum absolute atomic E-state index is 0.172. The predicted octanol–water partition coefficient (Wildman–Crippen LogP) is -0.965. The van der Waals surface area contributed by atoms with Crippen LogP contribution in [-0.2, 0) is 18.9 Å². The third kappa shape index (κ3) is 1.54. The molecule has 6 aliphatic rings. The van der Waals surface area contributed by atoms with E-state index in [1.54, 1.807) is 6.92 Å². The fraction of sp³-hybridized carbons (Fsp3) is 1.00. The second kappa shape index (κ2) is 5.00. The molecule has 9 nitrogen and oxygen atoms in total. The summed E-state index contributed by atoms with van der Waals surface area (Å²) in [4.78, 5) is 0. The fourth-order valence-electron chi connectivity index (χ4n) is 8.55. The summed E-state index contributed by atoms with van der Waals surface area (Å²) in [5.74, 6) is -0.926. The van der Waals surface area contributed by atoms with Gasteiger partial charge in [-0.1, -0.05) is 27.7 Å². The summed E-state index contributed by atoms with van der Waals surface area (Å²) in [7, 11) is 0. The van der Waals surface area contributed by atoms with Crippen LogP contribution in [0.25, 0.3) is 0 Å². The van der Waals surface area contributed by atoms with Crippen molar-refractivity contribution in [2.45, 2.75) is 95.2 Å². The lowest BCUT2D eigenvalue weighted by Gasteiger charge is -2.49. The highest BCUT2D eigenvalue weighted by molar-refractivity contribution is 5.42. The van der Waals surface area contributed by atoms with E-state index in [9.17, 15) is 25.5 Å². The zero-order chi connectivity index (χ0) is 20.9. The molecule has 0 aromatic heterocycles. The molecule has 2 spiro atoms. The quantitative estimate of drug-likeness (QED) is 0.339. The van der Waals surface area contributed by atoms with Gasteiger partial charge in [0.2, 0.25) is 0 Å². The molecule has 0 aromatic carbocycles. The van der Waals surface area contributed by atoms with Crippen molar-refractivity contribution in [3.8, 4) is 0 Å². The summed E-state index contributed by atoms with van der Waals surface area (Å²) in [6.07, 6.45) is -6.98. The number of aliphatic hydroxyl groups is 5. The largest absolute Gasteiger partial charge is 0.387 e. The van der Waals surface area contributed by atoms with Crippen molar-refractivity contribution in [1.82, 2.24) is 0 Å². The second-order valence-corrected chi connectivity index (χ2v) is 11.0. The van der Waals surface area contributed by atoms with Crippen LogP contribution in [0.3, 0.4) is 0 Å². The van der Waals surface area contributed by atoms with E-state index >= 15 is 0 Å². The van der Waals surface area contributed by atoms with Crippen LogP contribution in [0.1, 0.15) is 40.5 Å². The van der Waals surface area contributed by atoms with Crippen LogP contribution in [0.4, 0.5) is 0 Å². The van der Waals surface area contributed by atoms with Crippen LogP contribution in [0.2, 0.25) is 0 Å². The van der Waals surface area contributed by atoms with E-state index in [1.807, 2.05) is 0 Å². The van der Waals surface area contributed by atoms with Crippen molar-refractivity contribution >= 4 is 0 Å². The Balaban J connectivity index is 1.65. The van der Waals surface area contributed by atoms with E-state index in [1.165, 1.54) is 0 Å². The predicted molar refractivity (Wildman–Crippen MR) is 93.6 cm³/mol.